The van der Waals surface area contributed by atoms with Crippen LogP contribution in [0.1, 0.15) is 24.5 Å². The topological polar surface area (TPSA) is 12.5 Å². The van der Waals surface area contributed by atoms with Crippen LogP contribution < -0.4 is 4.74 Å². The molecule has 0 N–H and O–H groups in total. The fourth-order valence-electron chi connectivity index (χ4n) is 2.02. The monoisotopic (exact) mass is 305 g/mol. The molecule has 0 unspecified atom stereocenters. The average molecular weight is 306 g/mol. The average Bonchev–Trinajstić information content (AvgIpc) is 2.36. The lowest BCUT2D eigenvalue weighted by Gasteiger charge is -2.20. The van der Waals surface area contributed by atoms with E-state index in [9.17, 15) is 0 Å². The van der Waals surface area contributed by atoms with Gasteiger partial charge in [-0.3, -0.25) is 0 Å². The van der Waals surface area contributed by atoms with E-state index in [4.69, 9.17) is 16.3 Å². The maximum absolute atomic E-state index is 5.91. The van der Waals surface area contributed by atoms with Crippen molar-refractivity contribution in [2.75, 3.05) is 32.1 Å². The number of para-hydroxylation sites is 1. The second kappa shape index (κ2) is 10.4. The summed E-state index contributed by atoms with van der Waals surface area (Å²) in [5.74, 6) is 1.76. The molecule has 0 saturated heterocycles. The van der Waals surface area contributed by atoms with Crippen LogP contribution >= 0.6 is 24.0 Å². The van der Waals surface area contributed by atoms with Gasteiger partial charge in [0.15, 0.2) is 0 Å². The van der Waals surface area contributed by atoms with Crippen molar-refractivity contribution >= 4 is 24.0 Å². The molecule has 0 radical (unpaired) electrons. The Morgan fingerprint density at radius 3 is 2.32 bits per heavy atom. The van der Waals surface area contributed by atoms with Gasteiger partial charge >= 0.3 is 0 Å². The van der Waals surface area contributed by atoms with Crippen molar-refractivity contribution in [1.82, 2.24) is 4.90 Å². The summed E-state index contributed by atoms with van der Waals surface area (Å²) in [7, 11) is 0. The second-order valence-electron chi connectivity index (χ2n) is 4.55. The number of alkyl halides is 1. The lowest BCUT2D eigenvalue weighted by molar-refractivity contribution is 0.215. The van der Waals surface area contributed by atoms with E-state index in [1.165, 1.54) is 11.1 Å². The first-order chi connectivity index (χ1) is 8.69. The molecule has 1 rings (SSSR count). The molecule has 0 spiro atoms. The summed E-state index contributed by atoms with van der Waals surface area (Å²) in [5, 5.41) is 0. The molecule has 2 nitrogen and oxygen atoms in total. The highest BCUT2D eigenvalue weighted by Gasteiger charge is 2.05. The largest absolute Gasteiger partial charge is 0.492 e. The molecule has 1 aromatic carbocycles. The van der Waals surface area contributed by atoms with Crippen molar-refractivity contribution < 1.29 is 4.74 Å². The number of hydrogen-bond acceptors (Lipinski definition) is 2. The maximum Gasteiger partial charge on any atom is 0.125 e. The van der Waals surface area contributed by atoms with Gasteiger partial charge in [-0.05, 0) is 44.5 Å². The van der Waals surface area contributed by atoms with Crippen LogP contribution in [-0.4, -0.2) is 37.0 Å². The molecule has 110 valence electrons. The molecule has 4 heteroatoms. The molecule has 0 aliphatic rings. The summed E-state index contributed by atoms with van der Waals surface area (Å²) in [6, 6.07) is 6.25. The lowest BCUT2D eigenvalue weighted by Crippen LogP contribution is -2.29. The van der Waals surface area contributed by atoms with Crippen LogP contribution in [0.15, 0.2) is 18.2 Å². The van der Waals surface area contributed by atoms with Crippen LogP contribution in [0.4, 0.5) is 0 Å². The molecule has 0 aliphatic heterocycles. The van der Waals surface area contributed by atoms with E-state index >= 15 is 0 Å². The molecule has 0 atom stereocenters. The van der Waals surface area contributed by atoms with Gasteiger partial charge in [0.05, 0.1) is 0 Å². The highest BCUT2D eigenvalue weighted by molar-refractivity contribution is 6.17. The van der Waals surface area contributed by atoms with Crippen molar-refractivity contribution in [3.63, 3.8) is 0 Å². The number of aryl methyl sites for hydroxylation is 2. The van der Waals surface area contributed by atoms with E-state index < -0.39 is 0 Å². The van der Waals surface area contributed by atoms with Gasteiger partial charge in [0.1, 0.15) is 12.4 Å². The quantitative estimate of drug-likeness (QED) is 0.672. The Labute approximate surface area is 128 Å². The molecular formula is C15H25Cl2NO. The Hall–Kier alpha value is -0.440. The first-order valence-electron chi connectivity index (χ1n) is 6.66. The third kappa shape index (κ3) is 6.51. The maximum atomic E-state index is 5.91. The number of ether oxygens (including phenoxy) is 1. The minimum Gasteiger partial charge on any atom is -0.492 e. The highest BCUT2D eigenvalue weighted by atomic mass is 35.5. The van der Waals surface area contributed by atoms with Crippen LogP contribution in [0.25, 0.3) is 0 Å². The molecule has 0 saturated carbocycles. The molecular weight excluding hydrogens is 281 g/mol. The highest BCUT2D eigenvalue weighted by Crippen LogP contribution is 2.22. The van der Waals surface area contributed by atoms with Gasteiger partial charge in [-0.2, -0.15) is 0 Å². The minimum atomic E-state index is 0. The summed E-state index contributed by atoms with van der Waals surface area (Å²) < 4.78 is 5.91. The summed E-state index contributed by atoms with van der Waals surface area (Å²) >= 11 is 5.72. The van der Waals surface area contributed by atoms with Crippen LogP contribution in [-0.2, 0) is 0 Å². The van der Waals surface area contributed by atoms with E-state index in [-0.39, 0.29) is 12.4 Å². The molecule has 0 fully saturated rings. The number of likely N-dealkylation sites (N-methyl/N-ethyl adjacent to an activating group) is 1. The zero-order chi connectivity index (χ0) is 13.4. The van der Waals surface area contributed by atoms with E-state index in [1.54, 1.807) is 0 Å². The van der Waals surface area contributed by atoms with E-state index in [0.717, 1.165) is 44.3 Å². The zero-order valence-electron chi connectivity index (χ0n) is 12.1. The number of benzene rings is 1. The van der Waals surface area contributed by atoms with Gasteiger partial charge in [0.2, 0.25) is 0 Å². The van der Waals surface area contributed by atoms with E-state index in [1.807, 2.05) is 0 Å². The van der Waals surface area contributed by atoms with Crippen LogP contribution in [0.5, 0.6) is 5.75 Å². The summed E-state index contributed by atoms with van der Waals surface area (Å²) in [4.78, 5) is 2.37. The Kier molecular flexibility index (Phi) is 10.1. The molecule has 19 heavy (non-hydrogen) atoms. The standard InChI is InChI=1S/C15H24ClNO.ClH/c1-4-17(10-6-9-16)11-12-18-15-13(2)7-5-8-14(15)3;/h5,7-8H,4,6,9-12H2,1-3H3;1H. The lowest BCUT2D eigenvalue weighted by atomic mass is 10.1. The van der Waals surface area contributed by atoms with Gasteiger partial charge in [-0.1, -0.05) is 25.1 Å². The summed E-state index contributed by atoms with van der Waals surface area (Å²) in [6.45, 7) is 10.2. The van der Waals surface area contributed by atoms with Gasteiger partial charge in [0, 0.05) is 12.4 Å². The third-order valence-electron chi connectivity index (χ3n) is 3.12. The second-order valence-corrected chi connectivity index (χ2v) is 4.92. The van der Waals surface area contributed by atoms with Gasteiger partial charge in [-0.15, -0.1) is 24.0 Å². The van der Waals surface area contributed by atoms with Gasteiger partial charge in [-0.25, -0.2) is 0 Å². The van der Waals surface area contributed by atoms with Crippen LogP contribution in [0.2, 0.25) is 0 Å². The number of rotatable bonds is 8. The van der Waals surface area contributed by atoms with Gasteiger partial charge < -0.3 is 9.64 Å². The van der Waals surface area contributed by atoms with Crippen molar-refractivity contribution in [3.05, 3.63) is 29.3 Å². The first-order valence-corrected chi connectivity index (χ1v) is 7.19. The Balaban J connectivity index is 0.00000324. The number of hydrogen-bond donors (Lipinski definition) is 0. The molecule has 1 aromatic rings. The van der Waals surface area contributed by atoms with E-state index in [2.05, 4.69) is 43.9 Å². The molecule has 0 aliphatic carbocycles. The minimum absolute atomic E-state index is 0. The van der Waals surface area contributed by atoms with Gasteiger partial charge in [0.25, 0.3) is 0 Å². The molecule has 0 amide bonds. The molecule has 0 heterocycles. The van der Waals surface area contributed by atoms with Crippen molar-refractivity contribution in [3.8, 4) is 5.75 Å². The fraction of sp³-hybridized carbons (Fsp3) is 0.600. The van der Waals surface area contributed by atoms with Crippen molar-refractivity contribution in [1.29, 1.82) is 0 Å². The number of nitrogens with zero attached hydrogens (tertiary/aromatic N) is 1. The van der Waals surface area contributed by atoms with Crippen LogP contribution in [0, 0.1) is 13.8 Å². The Morgan fingerprint density at radius 1 is 1.16 bits per heavy atom. The van der Waals surface area contributed by atoms with E-state index in [0.29, 0.717) is 0 Å². The Bertz CT molecular complexity index is 338. The summed E-state index contributed by atoms with van der Waals surface area (Å²) in [5.41, 5.74) is 2.41. The smallest absolute Gasteiger partial charge is 0.125 e. The third-order valence-corrected chi connectivity index (χ3v) is 3.39. The normalized spacial score (nSPS) is 10.4. The zero-order valence-corrected chi connectivity index (χ0v) is 13.7. The number of halogens is 2. The molecule has 0 bridgehead atoms. The fourth-order valence-corrected chi connectivity index (χ4v) is 2.13. The predicted molar refractivity (Wildman–Crippen MR) is 86.1 cm³/mol. The Morgan fingerprint density at radius 2 is 1.79 bits per heavy atom. The SMILES string of the molecule is CCN(CCCCl)CCOc1c(C)cccc1C.Cl. The molecule has 0 aromatic heterocycles. The van der Waals surface area contributed by atoms with Crippen molar-refractivity contribution in [2.24, 2.45) is 0 Å². The first kappa shape index (κ1) is 18.6. The van der Waals surface area contributed by atoms with Crippen LogP contribution in [0.3, 0.4) is 0 Å². The predicted octanol–water partition coefficient (Wildman–Crippen LogP) is 4.05. The van der Waals surface area contributed by atoms with Crippen molar-refractivity contribution in [2.45, 2.75) is 27.2 Å². The summed E-state index contributed by atoms with van der Waals surface area (Å²) in [6.07, 6.45) is 1.04.